The monoisotopic (exact) mass is 909 g/mol. The Hall–Kier alpha value is -3.76. The molecule has 2 nitrogen and oxygen atoms in total. The average molecular weight is 909 g/mol. The van der Waals surface area contributed by atoms with Crippen molar-refractivity contribution in [2.45, 2.75) is 226 Å². The molecular formula is C63H81BN2S. The molecule has 1 aromatic heterocycles. The van der Waals surface area contributed by atoms with Crippen LogP contribution in [0.15, 0.2) is 48.5 Å². The van der Waals surface area contributed by atoms with E-state index < -0.39 is 0 Å². The van der Waals surface area contributed by atoms with Gasteiger partial charge in [0.2, 0.25) is 0 Å². The van der Waals surface area contributed by atoms with E-state index in [2.05, 4.69) is 201 Å². The molecular weight excluding hydrogens is 828 g/mol. The second-order valence-corrected chi connectivity index (χ2v) is 29.2. The SMILES string of the molecule is Cc1cc2c3c(c1)N(c1cc4c(cc1C)C(C)(C)CCC4(C)C)c1sc4c(c1B3c1cc3c(cc1N2c1cc2c(cc1C)C(C)(C)CCC2(C)C)C(C)(C)CCC3(C)C)C(C)(C)CCC4(C)C. The minimum absolute atomic E-state index is 0.0418. The Morgan fingerprint density at radius 3 is 1.19 bits per heavy atom. The molecule has 0 atom stereocenters. The molecule has 0 saturated carbocycles. The molecule has 6 aliphatic rings. The van der Waals surface area contributed by atoms with Gasteiger partial charge in [-0.1, -0.05) is 129 Å². The van der Waals surface area contributed by atoms with Crippen LogP contribution in [0.2, 0.25) is 0 Å². The predicted molar refractivity (Wildman–Crippen MR) is 294 cm³/mol. The van der Waals surface area contributed by atoms with Crippen LogP contribution >= 0.6 is 11.3 Å². The quantitative estimate of drug-likeness (QED) is 0.160. The molecule has 5 aromatic rings. The number of benzene rings is 4. The highest BCUT2D eigenvalue weighted by Crippen LogP contribution is 2.58. The van der Waals surface area contributed by atoms with Crippen molar-refractivity contribution >= 4 is 67.9 Å². The van der Waals surface area contributed by atoms with Crippen molar-refractivity contribution < 1.29 is 0 Å². The van der Waals surface area contributed by atoms with Crippen molar-refractivity contribution in [2.75, 3.05) is 9.80 Å². The van der Waals surface area contributed by atoms with E-state index in [0.29, 0.717) is 0 Å². The number of hydrogen-bond acceptors (Lipinski definition) is 3. The third kappa shape index (κ3) is 6.38. The minimum Gasteiger partial charge on any atom is -0.311 e. The molecule has 0 unspecified atom stereocenters. The maximum atomic E-state index is 2.82. The zero-order valence-corrected chi connectivity index (χ0v) is 46.0. The van der Waals surface area contributed by atoms with Gasteiger partial charge in [-0.15, -0.1) is 11.3 Å². The van der Waals surface area contributed by atoms with E-state index in [1.54, 1.807) is 38.2 Å². The minimum atomic E-state index is 0.0418. The number of thiophene rings is 1. The summed E-state index contributed by atoms with van der Waals surface area (Å²) in [7, 11) is 0. The Morgan fingerprint density at radius 2 is 0.731 bits per heavy atom. The lowest BCUT2D eigenvalue weighted by Crippen LogP contribution is -2.63. The highest BCUT2D eigenvalue weighted by Gasteiger charge is 2.53. The second kappa shape index (κ2) is 13.8. The van der Waals surface area contributed by atoms with Crippen LogP contribution in [-0.2, 0) is 43.3 Å². The summed E-state index contributed by atoms with van der Waals surface area (Å²) in [4.78, 5) is 7.23. The van der Waals surface area contributed by atoms with E-state index >= 15 is 0 Å². The number of fused-ring (bicyclic) bond motifs is 9. The van der Waals surface area contributed by atoms with E-state index in [1.807, 2.05) is 0 Å². The summed E-state index contributed by atoms with van der Waals surface area (Å²) in [5, 5.41) is 1.46. The first-order valence-electron chi connectivity index (χ1n) is 26.3. The molecule has 67 heavy (non-hydrogen) atoms. The van der Waals surface area contributed by atoms with Crippen molar-refractivity contribution in [3.05, 3.63) is 109 Å². The third-order valence-corrected chi connectivity index (χ3v) is 21.1. The van der Waals surface area contributed by atoms with Crippen molar-refractivity contribution in [1.29, 1.82) is 0 Å². The summed E-state index contributed by atoms with van der Waals surface area (Å²) in [5.74, 6) is 0. The third-order valence-electron chi connectivity index (χ3n) is 19.5. The molecule has 0 radical (unpaired) electrons. The molecule has 11 rings (SSSR count). The standard InChI is InChI=1S/C63H81BN2S/c1-36-28-49-52-50(29-36)66(47-34-43-40(31-38(47)3)57(6,7)21-24-60(43,12)13)55-53(51-54(67-55)63(18,19)27-26-62(51,16)17)64(52)45-32-41-44(61(14,15)25-22-58(41,8)9)35-48(45)65(49)46-33-42-39(30-37(46)2)56(4,5)20-23-59(42,10)11/h28-35H,20-27H2,1-19H3. The Bertz CT molecular complexity index is 2980. The number of hydrogen-bond donors (Lipinski definition) is 0. The van der Waals surface area contributed by atoms with Crippen LogP contribution in [0.4, 0.5) is 33.4 Å². The van der Waals surface area contributed by atoms with Crippen LogP contribution in [0.25, 0.3) is 0 Å². The zero-order valence-electron chi connectivity index (χ0n) is 45.2. The fourth-order valence-corrected chi connectivity index (χ4v) is 16.1. The topological polar surface area (TPSA) is 6.48 Å². The Morgan fingerprint density at radius 1 is 0.373 bits per heavy atom. The largest absolute Gasteiger partial charge is 0.311 e. The van der Waals surface area contributed by atoms with Gasteiger partial charge in [0, 0.05) is 27.6 Å². The number of anilines is 6. The van der Waals surface area contributed by atoms with Gasteiger partial charge in [0.25, 0.3) is 6.71 Å². The van der Waals surface area contributed by atoms with Gasteiger partial charge in [0.1, 0.15) is 0 Å². The molecule has 352 valence electrons. The van der Waals surface area contributed by atoms with E-state index in [9.17, 15) is 0 Å². The molecule has 0 saturated heterocycles. The van der Waals surface area contributed by atoms with Gasteiger partial charge in [-0.25, -0.2) is 0 Å². The maximum Gasteiger partial charge on any atom is 0.253 e. The van der Waals surface area contributed by atoms with Crippen molar-refractivity contribution in [3.8, 4) is 0 Å². The van der Waals surface area contributed by atoms with Gasteiger partial charge in [0.15, 0.2) is 0 Å². The molecule has 4 heteroatoms. The number of nitrogens with zero attached hydrogens (tertiary/aromatic N) is 2. The molecule has 0 amide bonds. The fourth-order valence-electron chi connectivity index (χ4n) is 14.4. The van der Waals surface area contributed by atoms with Gasteiger partial charge >= 0.3 is 0 Å². The lowest BCUT2D eigenvalue weighted by molar-refractivity contribution is 0.331. The zero-order chi connectivity index (χ0) is 48.3. The van der Waals surface area contributed by atoms with Crippen LogP contribution in [0.3, 0.4) is 0 Å². The van der Waals surface area contributed by atoms with Crippen LogP contribution in [0, 0.1) is 20.8 Å². The van der Waals surface area contributed by atoms with Crippen LogP contribution in [0.1, 0.15) is 223 Å². The lowest BCUT2D eigenvalue weighted by atomic mass is 9.32. The van der Waals surface area contributed by atoms with Gasteiger partial charge in [-0.2, -0.15) is 0 Å². The second-order valence-electron chi connectivity index (χ2n) is 28.2. The van der Waals surface area contributed by atoms with Gasteiger partial charge < -0.3 is 9.80 Å². The normalized spacial score (nSPS) is 23.2. The maximum absolute atomic E-state index is 2.82. The van der Waals surface area contributed by atoms with Gasteiger partial charge in [-0.05, 0) is 218 Å². The molecule has 3 heterocycles. The molecule has 4 aliphatic carbocycles. The summed E-state index contributed by atoms with van der Waals surface area (Å²) in [5.41, 5.74) is 27.2. The van der Waals surface area contributed by atoms with Crippen LogP contribution in [-0.4, -0.2) is 6.71 Å². The smallest absolute Gasteiger partial charge is 0.253 e. The molecule has 0 bridgehead atoms. The van der Waals surface area contributed by atoms with E-state index in [0.717, 1.165) is 0 Å². The summed E-state index contributed by atoms with van der Waals surface area (Å²) in [6.45, 7) is 47.6. The van der Waals surface area contributed by atoms with Crippen LogP contribution < -0.4 is 26.2 Å². The van der Waals surface area contributed by atoms with E-state index in [1.165, 1.54) is 124 Å². The lowest BCUT2D eigenvalue weighted by Gasteiger charge is -2.49. The first-order chi connectivity index (χ1) is 30.9. The summed E-state index contributed by atoms with van der Waals surface area (Å²) in [6.07, 6.45) is 9.65. The molecule has 0 fully saturated rings. The highest BCUT2D eigenvalue weighted by molar-refractivity contribution is 7.20. The Labute approximate surface area is 410 Å². The van der Waals surface area contributed by atoms with Crippen molar-refractivity contribution in [2.24, 2.45) is 0 Å². The molecule has 0 N–H and O–H groups in total. The Kier molecular flexibility index (Phi) is 9.38. The number of aryl methyl sites for hydroxylation is 3. The Balaban J connectivity index is 1.30. The fraction of sp³-hybridized carbons (Fsp3) is 0.556. The van der Waals surface area contributed by atoms with Crippen molar-refractivity contribution in [3.63, 3.8) is 0 Å². The highest BCUT2D eigenvalue weighted by atomic mass is 32.1. The van der Waals surface area contributed by atoms with Gasteiger partial charge in [-0.3, -0.25) is 0 Å². The summed E-state index contributed by atoms with van der Waals surface area (Å²) in [6, 6.07) is 21.2. The molecule has 4 aromatic carbocycles. The molecule has 0 spiro atoms. The predicted octanol–water partition coefficient (Wildman–Crippen LogP) is 16.2. The summed E-state index contributed by atoms with van der Waals surface area (Å²) < 4.78 is 0. The first-order valence-corrected chi connectivity index (χ1v) is 27.1. The number of rotatable bonds is 2. The average Bonchev–Trinajstić information content (AvgIpc) is 3.65. The van der Waals surface area contributed by atoms with E-state index in [-0.39, 0.29) is 50.0 Å². The van der Waals surface area contributed by atoms with Crippen LogP contribution in [0.5, 0.6) is 0 Å². The summed E-state index contributed by atoms with van der Waals surface area (Å²) >= 11 is 2.14. The van der Waals surface area contributed by atoms with Gasteiger partial charge in [0.05, 0.1) is 10.7 Å². The van der Waals surface area contributed by atoms with Crippen molar-refractivity contribution in [1.82, 2.24) is 0 Å². The first kappa shape index (κ1) is 45.7. The molecule has 2 aliphatic heterocycles. The van der Waals surface area contributed by atoms with E-state index in [4.69, 9.17) is 0 Å².